The summed E-state index contributed by atoms with van der Waals surface area (Å²) in [6.45, 7) is 0.991. The largest absolute Gasteiger partial charge is 0.465 e. The number of carbonyl (C=O) groups excluding carboxylic acids is 4. The van der Waals surface area contributed by atoms with Crippen LogP contribution < -0.4 is 0 Å². The molecule has 36 heavy (non-hydrogen) atoms. The second-order valence-corrected chi connectivity index (χ2v) is 9.79. The quantitative estimate of drug-likeness (QED) is 0.0705. The molecular weight excluding hydrogens is 462 g/mol. The van der Waals surface area contributed by atoms with Crippen molar-refractivity contribution in [3.8, 4) is 12.3 Å². The zero-order valence-electron chi connectivity index (χ0n) is 21.2. The highest BCUT2D eigenvalue weighted by Gasteiger charge is 2.60. The van der Waals surface area contributed by atoms with Crippen LogP contribution in [0.3, 0.4) is 0 Å². The normalized spacial score (nSPS) is 23.7. The van der Waals surface area contributed by atoms with E-state index in [-0.39, 0.29) is 48.9 Å². The monoisotopic (exact) mass is 501 g/mol. The SMILES string of the molecule is C#CCCCCCCCCCOC(=O)CC(=O)OCCCCCCN1C(=O)[C@@H]2[C@H](C1=O)[C@H]1C=C[C@@H]2O1. The zero-order chi connectivity index (χ0) is 25.8. The van der Waals surface area contributed by atoms with Crippen molar-refractivity contribution in [2.45, 2.75) is 95.7 Å². The molecule has 0 aromatic carbocycles. The van der Waals surface area contributed by atoms with E-state index in [9.17, 15) is 19.2 Å². The van der Waals surface area contributed by atoms with Gasteiger partial charge in [-0.05, 0) is 32.1 Å². The lowest BCUT2D eigenvalue weighted by Gasteiger charge is -2.17. The molecule has 0 N–H and O–H groups in total. The highest BCUT2D eigenvalue weighted by atomic mass is 16.6. The highest BCUT2D eigenvalue weighted by Crippen LogP contribution is 2.45. The van der Waals surface area contributed by atoms with E-state index in [0.717, 1.165) is 57.8 Å². The number of unbranched alkanes of at least 4 members (excludes halogenated alkanes) is 10. The maximum absolute atomic E-state index is 12.6. The number of amides is 2. The lowest BCUT2D eigenvalue weighted by molar-refractivity contribution is -0.155. The second kappa shape index (κ2) is 14.8. The summed E-state index contributed by atoms with van der Waals surface area (Å²) in [5.74, 6) is 0.596. The molecule has 3 aliphatic rings. The molecule has 0 aromatic heterocycles. The van der Waals surface area contributed by atoms with Crippen molar-refractivity contribution in [3.63, 3.8) is 0 Å². The third kappa shape index (κ3) is 7.92. The molecule has 2 amide bonds. The van der Waals surface area contributed by atoms with Crippen LogP contribution in [0.15, 0.2) is 12.2 Å². The van der Waals surface area contributed by atoms with Crippen LogP contribution in [-0.4, -0.2) is 60.6 Å². The molecule has 198 valence electrons. The summed E-state index contributed by atoms with van der Waals surface area (Å²) in [6.07, 6.45) is 19.5. The zero-order valence-corrected chi connectivity index (χ0v) is 21.2. The predicted octanol–water partition coefficient (Wildman–Crippen LogP) is 3.72. The first-order valence-electron chi connectivity index (χ1n) is 13.5. The lowest BCUT2D eigenvalue weighted by atomic mass is 9.85. The first-order chi connectivity index (χ1) is 17.5. The number of hydrogen-bond acceptors (Lipinski definition) is 7. The Morgan fingerprint density at radius 1 is 0.778 bits per heavy atom. The van der Waals surface area contributed by atoms with Crippen molar-refractivity contribution in [2.24, 2.45) is 11.8 Å². The second-order valence-electron chi connectivity index (χ2n) is 9.79. The Balaban J connectivity index is 1.12. The van der Waals surface area contributed by atoms with Gasteiger partial charge in [0.15, 0.2) is 0 Å². The standard InChI is InChI=1S/C28H39NO7/c1-2-3-4-5-6-7-8-10-13-18-34-23(30)20-24(31)35-19-14-11-9-12-17-29-27(32)25-21-15-16-22(36-21)26(25)28(29)33/h1,15-16,21-22,25-26H,3-14,17-20H2/t21-,22+,25-,26+. The fourth-order valence-corrected chi connectivity index (χ4v) is 5.12. The van der Waals surface area contributed by atoms with E-state index < -0.39 is 11.9 Å². The Morgan fingerprint density at radius 3 is 1.78 bits per heavy atom. The number of imide groups is 1. The molecule has 4 atom stereocenters. The van der Waals surface area contributed by atoms with Crippen LogP contribution in [0.2, 0.25) is 0 Å². The minimum absolute atomic E-state index is 0.116. The molecule has 3 rings (SSSR count). The van der Waals surface area contributed by atoms with Gasteiger partial charge in [0.1, 0.15) is 6.42 Å². The van der Waals surface area contributed by atoms with Crippen molar-refractivity contribution in [2.75, 3.05) is 19.8 Å². The molecule has 0 unspecified atom stereocenters. The van der Waals surface area contributed by atoms with Gasteiger partial charge in [-0.2, -0.15) is 0 Å². The maximum atomic E-state index is 12.6. The molecule has 0 aromatic rings. The van der Waals surface area contributed by atoms with Crippen molar-refractivity contribution in [3.05, 3.63) is 12.2 Å². The molecule has 3 aliphatic heterocycles. The lowest BCUT2D eigenvalue weighted by Crippen LogP contribution is -2.35. The summed E-state index contributed by atoms with van der Waals surface area (Å²) in [7, 11) is 0. The van der Waals surface area contributed by atoms with Gasteiger partial charge in [0.05, 0.1) is 37.3 Å². The maximum Gasteiger partial charge on any atom is 0.317 e. The molecule has 3 heterocycles. The van der Waals surface area contributed by atoms with Gasteiger partial charge in [0.2, 0.25) is 11.8 Å². The number of likely N-dealkylation sites (tertiary alicyclic amines) is 1. The molecular formula is C28H39NO7. The number of carbonyl (C=O) groups is 4. The number of nitrogens with zero attached hydrogens (tertiary/aromatic N) is 1. The van der Waals surface area contributed by atoms with E-state index in [1.807, 2.05) is 12.2 Å². The van der Waals surface area contributed by atoms with Crippen LogP contribution in [0, 0.1) is 24.2 Å². The molecule has 0 spiro atoms. The highest BCUT2D eigenvalue weighted by molar-refractivity contribution is 6.06. The third-order valence-electron chi connectivity index (χ3n) is 7.06. The van der Waals surface area contributed by atoms with E-state index >= 15 is 0 Å². The number of terminal acetylenes is 1. The summed E-state index contributed by atoms with van der Waals surface area (Å²) in [6, 6.07) is 0. The van der Waals surface area contributed by atoms with Crippen LogP contribution >= 0.6 is 0 Å². The van der Waals surface area contributed by atoms with Gasteiger partial charge < -0.3 is 14.2 Å². The van der Waals surface area contributed by atoms with Crippen molar-refractivity contribution < 1.29 is 33.4 Å². The minimum Gasteiger partial charge on any atom is -0.465 e. The van der Waals surface area contributed by atoms with Crippen LogP contribution in [0.4, 0.5) is 0 Å². The molecule has 8 heteroatoms. The van der Waals surface area contributed by atoms with Gasteiger partial charge in [-0.1, -0.05) is 50.7 Å². The smallest absolute Gasteiger partial charge is 0.317 e. The van der Waals surface area contributed by atoms with Crippen molar-refractivity contribution in [1.82, 2.24) is 4.90 Å². The summed E-state index contributed by atoms with van der Waals surface area (Å²) >= 11 is 0. The summed E-state index contributed by atoms with van der Waals surface area (Å²) < 4.78 is 15.9. The predicted molar refractivity (Wildman–Crippen MR) is 132 cm³/mol. The number of hydrogen-bond donors (Lipinski definition) is 0. The van der Waals surface area contributed by atoms with Crippen molar-refractivity contribution >= 4 is 23.8 Å². The van der Waals surface area contributed by atoms with E-state index in [4.69, 9.17) is 20.6 Å². The summed E-state index contributed by atoms with van der Waals surface area (Å²) in [5, 5.41) is 0. The van der Waals surface area contributed by atoms with Gasteiger partial charge in [-0.25, -0.2) is 0 Å². The average Bonchev–Trinajstić information content (AvgIpc) is 3.54. The van der Waals surface area contributed by atoms with Crippen LogP contribution in [-0.2, 0) is 33.4 Å². The average molecular weight is 502 g/mol. The Kier molecular flexibility index (Phi) is 11.5. The molecule has 2 fully saturated rings. The fourth-order valence-electron chi connectivity index (χ4n) is 5.12. The minimum atomic E-state index is -0.572. The number of fused-ring (bicyclic) bond motifs is 5. The van der Waals surface area contributed by atoms with Gasteiger partial charge in [-0.3, -0.25) is 24.1 Å². The van der Waals surface area contributed by atoms with Gasteiger partial charge in [0, 0.05) is 13.0 Å². The van der Waals surface area contributed by atoms with Gasteiger partial charge in [0.25, 0.3) is 0 Å². The number of rotatable bonds is 18. The van der Waals surface area contributed by atoms with Gasteiger partial charge >= 0.3 is 11.9 Å². The van der Waals surface area contributed by atoms with Crippen LogP contribution in [0.1, 0.15) is 83.5 Å². The van der Waals surface area contributed by atoms with Gasteiger partial charge in [-0.15, -0.1) is 12.3 Å². The van der Waals surface area contributed by atoms with Crippen LogP contribution in [0.25, 0.3) is 0 Å². The molecule has 8 nitrogen and oxygen atoms in total. The first kappa shape index (κ1) is 27.9. The molecule has 0 aliphatic carbocycles. The van der Waals surface area contributed by atoms with E-state index in [0.29, 0.717) is 26.0 Å². The Labute approximate surface area is 214 Å². The van der Waals surface area contributed by atoms with E-state index in [2.05, 4.69) is 5.92 Å². The molecule has 2 saturated heterocycles. The summed E-state index contributed by atoms with van der Waals surface area (Å²) in [4.78, 5) is 50.1. The molecule has 0 radical (unpaired) electrons. The van der Waals surface area contributed by atoms with E-state index in [1.165, 1.54) is 11.3 Å². The number of ether oxygens (including phenoxy) is 3. The van der Waals surface area contributed by atoms with Crippen molar-refractivity contribution in [1.29, 1.82) is 0 Å². The number of esters is 2. The Morgan fingerprint density at radius 2 is 1.25 bits per heavy atom. The topological polar surface area (TPSA) is 99.2 Å². The Hall–Kier alpha value is -2.66. The summed E-state index contributed by atoms with van der Waals surface area (Å²) in [5.41, 5.74) is 0. The Bertz CT molecular complexity index is 815. The first-order valence-corrected chi connectivity index (χ1v) is 13.5. The fraction of sp³-hybridized carbons (Fsp3) is 0.714. The van der Waals surface area contributed by atoms with E-state index in [1.54, 1.807) is 0 Å². The third-order valence-corrected chi connectivity index (χ3v) is 7.06. The van der Waals surface area contributed by atoms with Crippen LogP contribution in [0.5, 0.6) is 0 Å². The molecule has 2 bridgehead atoms. The molecule has 0 saturated carbocycles.